The second kappa shape index (κ2) is 7.28. The number of fused-ring (bicyclic) bond motifs is 1. The van der Waals surface area contributed by atoms with Gasteiger partial charge in [0.15, 0.2) is 12.5 Å². The molecule has 5 rings (SSSR count). The molecule has 0 amide bonds. The lowest BCUT2D eigenvalue weighted by Crippen LogP contribution is -2.33. The number of imidazole rings is 1. The molecule has 2 aliphatic rings. The van der Waals surface area contributed by atoms with Crippen LogP contribution in [0.2, 0.25) is 0 Å². The van der Waals surface area contributed by atoms with Gasteiger partial charge in [-0.05, 0) is 55.2 Å². The Balaban J connectivity index is 1.44. The van der Waals surface area contributed by atoms with E-state index in [2.05, 4.69) is 44.0 Å². The maximum Gasteiger partial charge on any atom is 0.187 e. The van der Waals surface area contributed by atoms with Gasteiger partial charge in [-0.2, -0.15) is 0 Å². The number of rotatable bonds is 4. The fraction of sp³-hybridized carbons (Fsp3) is 0.364. The highest BCUT2D eigenvalue weighted by molar-refractivity contribution is 5.80. The third kappa shape index (κ3) is 3.03. The van der Waals surface area contributed by atoms with E-state index in [-0.39, 0.29) is 6.04 Å². The number of benzene rings is 2. The Morgan fingerprint density at radius 2 is 1.82 bits per heavy atom. The van der Waals surface area contributed by atoms with Gasteiger partial charge in [0.1, 0.15) is 0 Å². The molecule has 0 bridgehead atoms. The van der Waals surface area contributed by atoms with E-state index in [1.54, 1.807) is 6.33 Å². The van der Waals surface area contributed by atoms with Gasteiger partial charge < -0.3 is 19.5 Å². The number of piperidine rings is 1. The van der Waals surface area contributed by atoms with Crippen LogP contribution in [0.3, 0.4) is 0 Å². The predicted molar refractivity (Wildman–Crippen MR) is 110 cm³/mol. The summed E-state index contributed by atoms with van der Waals surface area (Å²) in [5.41, 5.74) is 5.24. The third-order valence-corrected chi connectivity index (χ3v) is 5.85. The number of ether oxygens (including phenoxy) is 1. The number of carbonyl (C=O) groups excluding carboxylic acids is 1. The maximum atomic E-state index is 11.6. The molecule has 1 unspecified atom stereocenters. The van der Waals surface area contributed by atoms with Crippen LogP contribution < -0.4 is 9.80 Å². The minimum absolute atomic E-state index is 0.00185. The molecular formula is C22H24N4O2. The molecule has 2 fully saturated rings. The van der Waals surface area contributed by atoms with Crippen molar-refractivity contribution in [3.8, 4) is 0 Å². The molecule has 2 saturated heterocycles. The summed E-state index contributed by atoms with van der Waals surface area (Å²) in [4.78, 5) is 23.6. The molecule has 0 aliphatic carbocycles. The third-order valence-electron chi connectivity index (χ3n) is 5.85. The summed E-state index contributed by atoms with van der Waals surface area (Å²) in [7, 11) is 0. The standard InChI is InChI=1S/C22H24N4O2/c27-13-22-26(18-8-9-19-20(12-18)24-15-23-19)21(14-28-22)16-4-6-17(7-5-16)25-10-2-1-3-11-25/h4-9,12-13,15,21-22H,1-3,10-11,14H2,(H,23,24)/t21-,22?/m1/s1. The van der Waals surface area contributed by atoms with Crippen LogP contribution in [0.4, 0.5) is 11.4 Å². The molecular weight excluding hydrogens is 352 g/mol. The van der Waals surface area contributed by atoms with Gasteiger partial charge in [0.05, 0.1) is 30.0 Å². The molecule has 2 atom stereocenters. The lowest BCUT2D eigenvalue weighted by Gasteiger charge is -2.30. The Kier molecular flexibility index (Phi) is 4.49. The van der Waals surface area contributed by atoms with Gasteiger partial charge in [-0.25, -0.2) is 4.98 Å². The monoisotopic (exact) mass is 376 g/mol. The highest BCUT2D eigenvalue weighted by atomic mass is 16.5. The van der Waals surface area contributed by atoms with E-state index in [1.807, 2.05) is 18.2 Å². The molecule has 0 saturated carbocycles. The minimum Gasteiger partial charge on any atom is -0.372 e. The Bertz CT molecular complexity index is 962. The fourth-order valence-corrected chi connectivity index (χ4v) is 4.36. The molecule has 1 N–H and O–H groups in total. The molecule has 3 aromatic rings. The predicted octanol–water partition coefficient (Wildman–Crippen LogP) is 3.66. The van der Waals surface area contributed by atoms with Crippen LogP contribution in [-0.4, -0.2) is 42.2 Å². The number of aromatic amines is 1. The van der Waals surface area contributed by atoms with Gasteiger partial charge in [0, 0.05) is 24.5 Å². The molecule has 2 aromatic carbocycles. The summed E-state index contributed by atoms with van der Waals surface area (Å²) in [6, 6.07) is 14.8. The summed E-state index contributed by atoms with van der Waals surface area (Å²) in [5.74, 6) is 0. The van der Waals surface area contributed by atoms with Gasteiger partial charge in [0.2, 0.25) is 0 Å². The quantitative estimate of drug-likeness (QED) is 0.704. The molecule has 6 heteroatoms. The molecule has 28 heavy (non-hydrogen) atoms. The molecule has 3 heterocycles. The van der Waals surface area contributed by atoms with Crippen LogP contribution in [-0.2, 0) is 9.53 Å². The Labute approximate surface area is 164 Å². The number of carbonyl (C=O) groups is 1. The fourth-order valence-electron chi connectivity index (χ4n) is 4.36. The SMILES string of the molecule is O=CC1OC[C@H](c2ccc(N3CCCCC3)cc2)N1c1ccc2[nH]cnc2c1. The first kappa shape index (κ1) is 17.3. The number of nitrogens with zero attached hydrogens (tertiary/aromatic N) is 3. The van der Waals surface area contributed by atoms with Crippen molar-refractivity contribution < 1.29 is 9.53 Å². The van der Waals surface area contributed by atoms with Gasteiger partial charge in [0.25, 0.3) is 0 Å². The minimum atomic E-state index is -0.580. The number of hydrogen-bond acceptors (Lipinski definition) is 5. The highest BCUT2D eigenvalue weighted by Gasteiger charge is 2.35. The van der Waals surface area contributed by atoms with Crippen molar-refractivity contribution in [2.75, 3.05) is 29.5 Å². The van der Waals surface area contributed by atoms with E-state index in [4.69, 9.17) is 4.74 Å². The summed E-state index contributed by atoms with van der Waals surface area (Å²) in [6.07, 6.45) is 5.84. The Morgan fingerprint density at radius 1 is 1.04 bits per heavy atom. The van der Waals surface area contributed by atoms with Crippen LogP contribution in [0.25, 0.3) is 11.0 Å². The number of anilines is 2. The number of hydrogen-bond donors (Lipinski definition) is 1. The van der Waals surface area contributed by atoms with E-state index in [0.29, 0.717) is 6.61 Å². The van der Waals surface area contributed by atoms with Crippen molar-refractivity contribution in [3.05, 3.63) is 54.4 Å². The summed E-state index contributed by atoms with van der Waals surface area (Å²) >= 11 is 0. The van der Waals surface area contributed by atoms with Crippen molar-refractivity contribution in [2.24, 2.45) is 0 Å². The van der Waals surface area contributed by atoms with Gasteiger partial charge in [-0.15, -0.1) is 0 Å². The molecule has 2 aliphatic heterocycles. The van der Waals surface area contributed by atoms with Crippen LogP contribution in [0.5, 0.6) is 0 Å². The average Bonchev–Trinajstić information content (AvgIpc) is 3.40. The van der Waals surface area contributed by atoms with Crippen LogP contribution >= 0.6 is 0 Å². The van der Waals surface area contributed by atoms with E-state index < -0.39 is 6.23 Å². The van der Waals surface area contributed by atoms with E-state index >= 15 is 0 Å². The normalized spacial score (nSPS) is 22.7. The van der Waals surface area contributed by atoms with Crippen molar-refractivity contribution in [3.63, 3.8) is 0 Å². The molecule has 0 spiro atoms. The average molecular weight is 376 g/mol. The Morgan fingerprint density at radius 3 is 2.61 bits per heavy atom. The second-order valence-corrected chi connectivity index (χ2v) is 7.53. The van der Waals surface area contributed by atoms with E-state index in [9.17, 15) is 4.79 Å². The number of H-pyrrole nitrogens is 1. The first-order chi connectivity index (χ1) is 13.8. The zero-order valence-corrected chi connectivity index (χ0v) is 15.8. The van der Waals surface area contributed by atoms with Crippen molar-refractivity contribution in [1.29, 1.82) is 0 Å². The molecule has 144 valence electrons. The topological polar surface area (TPSA) is 61.5 Å². The largest absolute Gasteiger partial charge is 0.372 e. The lowest BCUT2D eigenvalue weighted by atomic mass is 10.0. The lowest BCUT2D eigenvalue weighted by molar-refractivity contribution is -0.115. The zero-order chi connectivity index (χ0) is 18.9. The van der Waals surface area contributed by atoms with Gasteiger partial charge in [-0.1, -0.05) is 12.1 Å². The number of aldehydes is 1. The van der Waals surface area contributed by atoms with Gasteiger partial charge in [-0.3, -0.25) is 4.79 Å². The smallest absolute Gasteiger partial charge is 0.187 e. The first-order valence-corrected chi connectivity index (χ1v) is 9.97. The number of aromatic nitrogens is 2. The van der Waals surface area contributed by atoms with Gasteiger partial charge >= 0.3 is 0 Å². The molecule has 1 aromatic heterocycles. The summed E-state index contributed by atoms with van der Waals surface area (Å²) in [5, 5.41) is 0. The first-order valence-electron chi connectivity index (χ1n) is 9.97. The van der Waals surface area contributed by atoms with Crippen LogP contribution in [0.1, 0.15) is 30.9 Å². The van der Waals surface area contributed by atoms with Crippen molar-refractivity contribution in [1.82, 2.24) is 9.97 Å². The maximum absolute atomic E-state index is 11.6. The van der Waals surface area contributed by atoms with Crippen LogP contribution in [0, 0.1) is 0 Å². The Hall–Kier alpha value is -2.86. The van der Waals surface area contributed by atoms with Crippen molar-refractivity contribution in [2.45, 2.75) is 31.5 Å². The van der Waals surface area contributed by atoms with Crippen molar-refractivity contribution >= 4 is 28.7 Å². The molecule has 0 radical (unpaired) electrons. The second-order valence-electron chi connectivity index (χ2n) is 7.53. The van der Waals surface area contributed by atoms with E-state index in [0.717, 1.165) is 41.7 Å². The van der Waals surface area contributed by atoms with Crippen LogP contribution in [0.15, 0.2) is 48.8 Å². The highest BCUT2D eigenvalue weighted by Crippen LogP contribution is 2.36. The van der Waals surface area contributed by atoms with E-state index in [1.165, 1.54) is 24.9 Å². The summed E-state index contributed by atoms with van der Waals surface area (Å²) < 4.78 is 5.80. The molecule has 6 nitrogen and oxygen atoms in total. The number of nitrogens with one attached hydrogen (secondary N) is 1. The summed E-state index contributed by atoms with van der Waals surface area (Å²) in [6.45, 7) is 2.76. The zero-order valence-electron chi connectivity index (χ0n) is 15.8.